The van der Waals surface area contributed by atoms with E-state index < -0.39 is 5.82 Å². The van der Waals surface area contributed by atoms with E-state index in [1.54, 1.807) is 26.2 Å². The average molecular weight is 424 g/mol. The Hall–Kier alpha value is -2.51. The van der Waals surface area contributed by atoms with Gasteiger partial charge in [0.1, 0.15) is 12.4 Å². The molecule has 1 aliphatic heterocycles. The molecule has 0 spiro atoms. The maximum absolute atomic E-state index is 14.1. The monoisotopic (exact) mass is 423 g/mol. The van der Waals surface area contributed by atoms with Crippen molar-refractivity contribution in [1.29, 1.82) is 0 Å². The van der Waals surface area contributed by atoms with E-state index in [9.17, 15) is 9.18 Å². The topological polar surface area (TPSA) is 52.4 Å². The first-order valence-electron chi connectivity index (χ1n) is 9.34. The van der Waals surface area contributed by atoms with E-state index in [0.29, 0.717) is 30.3 Å². The minimum Gasteiger partial charge on any atom is -0.493 e. The molecule has 1 heterocycles. The zero-order valence-corrected chi connectivity index (χ0v) is 17.5. The first-order chi connectivity index (χ1) is 14.0. The third-order valence-electron chi connectivity index (χ3n) is 5.15. The zero-order chi connectivity index (χ0) is 21.0. The van der Waals surface area contributed by atoms with Crippen LogP contribution in [-0.2, 0) is 6.54 Å². The van der Waals surface area contributed by atoms with Crippen molar-refractivity contribution >= 4 is 17.5 Å². The molecule has 0 aliphatic carbocycles. The van der Waals surface area contributed by atoms with Crippen LogP contribution in [0.25, 0.3) is 0 Å². The SMILES string of the molecule is COc1ccc(C[NH+]2CCN(C(=O)c3ccc(Cl)cc3F)CC2)c(OC)c1OC. The second-order valence-corrected chi connectivity index (χ2v) is 7.27. The van der Waals surface area contributed by atoms with Crippen LogP contribution in [0, 0.1) is 5.82 Å². The van der Waals surface area contributed by atoms with Crippen molar-refractivity contribution in [2.24, 2.45) is 0 Å². The van der Waals surface area contributed by atoms with Crippen LogP contribution in [0.3, 0.4) is 0 Å². The highest BCUT2D eigenvalue weighted by Gasteiger charge is 2.27. The Kier molecular flexibility index (Phi) is 6.82. The van der Waals surface area contributed by atoms with Crippen LogP contribution in [0.5, 0.6) is 17.2 Å². The van der Waals surface area contributed by atoms with Crippen molar-refractivity contribution in [2.45, 2.75) is 6.54 Å². The Labute approximate surface area is 174 Å². The molecule has 0 radical (unpaired) electrons. The van der Waals surface area contributed by atoms with E-state index in [0.717, 1.165) is 25.2 Å². The Morgan fingerprint density at radius 3 is 2.34 bits per heavy atom. The molecular formula is C21H25ClFN2O4+. The summed E-state index contributed by atoms with van der Waals surface area (Å²) >= 11 is 5.77. The largest absolute Gasteiger partial charge is 0.493 e. The predicted octanol–water partition coefficient (Wildman–Crippen LogP) is 2.05. The number of quaternary nitrogens is 1. The Balaban J connectivity index is 1.66. The van der Waals surface area contributed by atoms with Crippen molar-refractivity contribution in [3.63, 3.8) is 0 Å². The number of rotatable bonds is 6. The number of nitrogens with zero attached hydrogens (tertiary/aromatic N) is 1. The molecule has 0 aromatic heterocycles. The lowest BCUT2D eigenvalue weighted by molar-refractivity contribution is -0.917. The predicted molar refractivity (Wildman–Crippen MR) is 108 cm³/mol. The van der Waals surface area contributed by atoms with E-state index in [-0.39, 0.29) is 16.5 Å². The molecule has 2 aromatic rings. The van der Waals surface area contributed by atoms with Crippen LogP contribution in [0.2, 0.25) is 5.02 Å². The minimum atomic E-state index is -0.590. The highest BCUT2D eigenvalue weighted by molar-refractivity contribution is 6.30. The quantitative estimate of drug-likeness (QED) is 0.772. The standard InChI is InChI=1S/C21H24ClFN2O4/c1-27-18-7-4-14(19(28-2)20(18)29-3)13-24-8-10-25(11-9-24)21(26)16-6-5-15(22)12-17(16)23/h4-7,12H,8-11,13H2,1-3H3/p+1. The summed E-state index contributed by atoms with van der Waals surface area (Å²) in [6.07, 6.45) is 0. The Morgan fingerprint density at radius 1 is 1.07 bits per heavy atom. The van der Waals surface area contributed by atoms with Crippen molar-refractivity contribution in [2.75, 3.05) is 47.5 Å². The number of halogens is 2. The van der Waals surface area contributed by atoms with Gasteiger partial charge in [0.25, 0.3) is 5.91 Å². The number of nitrogens with one attached hydrogen (secondary N) is 1. The number of hydrogen-bond donors (Lipinski definition) is 1. The number of piperazine rings is 1. The van der Waals surface area contributed by atoms with Crippen molar-refractivity contribution < 1.29 is 28.3 Å². The van der Waals surface area contributed by atoms with Gasteiger partial charge in [-0.3, -0.25) is 4.79 Å². The molecule has 29 heavy (non-hydrogen) atoms. The fourth-order valence-corrected chi connectivity index (χ4v) is 3.77. The average Bonchev–Trinajstić information content (AvgIpc) is 2.73. The highest BCUT2D eigenvalue weighted by atomic mass is 35.5. The van der Waals surface area contributed by atoms with Gasteiger partial charge >= 0.3 is 0 Å². The fraction of sp³-hybridized carbons (Fsp3) is 0.381. The van der Waals surface area contributed by atoms with Gasteiger partial charge in [-0.1, -0.05) is 11.6 Å². The second kappa shape index (κ2) is 9.33. The van der Waals surface area contributed by atoms with Crippen molar-refractivity contribution in [3.8, 4) is 17.2 Å². The number of carbonyl (C=O) groups is 1. The number of carbonyl (C=O) groups excluding carboxylic acids is 1. The first kappa shape index (κ1) is 21.2. The normalized spacial score (nSPS) is 14.6. The van der Waals surface area contributed by atoms with Gasteiger partial charge in [-0.25, -0.2) is 4.39 Å². The smallest absolute Gasteiger partial charge is 0.257 e. The van der Waals surface area contributed by atoms with Crippen LogP contribution < -0.4 is 19.1 Å². The van der Waals surface area contributed by atoms with E-state index in [2.05, 4.69) is 0 Å². The first-order valence-corrected chi connectivity index (χ1v) is 9.72. The molecule has 2 aromatic carbocycles. The third kappa shape index (κ3) is 4.57. The maximum Gasteiger partial charge on any atom is 0.257 e. The molecule has 8 heteroatoms. The highest BCUT2D eigenvalue weighted by Crippen LogP contribution is 2.39. The van der Waals surface area contributed by atoms with Crippen LogP contribution >= 0.6 is 11.6 Å². The molecule has 0 bridgehead atoms. The molecule has 1 amide bonds. The zero-order valence-electron chi connectivity index (χ0n) is 16.8. The van der Waals surface area contributed by atoms with Gasteiger partial charge in [0.15, 0.2) is 11.5 Å². The molecule has 1 saturated heterocycles. The summed E-state index contributed by atoms with van der Waals surface area (Å²) in [4.78, 5) is 15.6. The van der Waals surface area contributed by atoms with Crippen molar-refractivity contribution in [1.82, 2.24) is 4.90 Å². The molecule has 0 unspecified atom stereocenters. The van der Waals surface area contributed by atoms with E-state index in [1.807, 2.05) is 12.1 Å². The van der Waals surface area contributed by atoms with E-state index in [1.165, 1.54) is 23.1 Å². The van der Waals surface area contributed by atoms with Gasteiger partial charge in [-0.2, -0.15) is 0 Å². The lowest BCUT2D eigenvalue weighted by atomic mass is 10.1. The van der Waals surface area contributed by atoms with E-state index in [4.69, 9.17) is 25.8 Å². The second-order valence-electron chi connectivity index (χ2n) is 6.84. The van der Waals surface area contributed by atoms with Gasteiger partial charge in [0, 0.05) is 5.02 Å². The molecular weight excluding hydrogens is 399 g/mol. The molecule has 6 nitrogen and oxygen atoms in total. The lowest BCUT2D eigenvalue weighted by Crippen LogP contribution is -3.13. The number of benzene rings is 2. The molecule has 156 valence electrons. The molecule has 3 rings (SSSR count). The summed E-state index contributed by atoms with van der Waals surface area (Å²) in [5, 5.41) is 0.275. The molecule has 0 saturated carbocycles. The molecule has 1 fully saturated rings. The molecule has 0 atom stereocenters. The molecule has 1 aliphatic rings. The van der Waals surface area contributed by atoms with Crippen LogP contribution in [0.1, 0.15) is 15.9 Å². The number of methoxy groups -OCH3 is 3. The summed E-state index contributed by atoms with van der Waals surface area (Å²) in [5.74, 6) is 0.942. The Morgan fingerprint density at radius 2 is 1.76 bits per heavy atom. The molecule has 1 N–H and O–H groups in total. The van der Waals surface area contributed by atoms with Crippen LogP contribution in [-0.4, -0.2) is 58.3 Å². The van der Waals surface area contributed by atoms with Gasteiger partial charge < -0.3 is 24.0 Å². The third-order valence-corrected chi connectivity index (χ3v) is 5.38. The summed E-state index contributed by atoms with van der Waals surface area (Å²) in [5.41, 5.74) is 1.06. The summed E-state index contributed by atoms with van der Waals surface area (Å²) in [7, 11) is 4.77. The minimum absolute atomic E-state index is 0.0550. The lowest BCUT2D eigenvalue weighted by Gasteiger charge is -2.32. The van der Waals surface area contributed by atoms with Gasteiger partial charge in [0.2, 0.25) is 5.75 Å². The summed E-state index contributed by atoms with van der Waals surface area (Å²) in [6.45, 7) is 3.31. The fourth-order valence-electron chi connectivity index (χ4n) is 3.61. The van der Waals surface area contributed by atoms with Crippen LogP contribution in [0.4, 0.5) is 4.39 Å². The Bertz CT molecular complexity index is 885. The number of ether oxygens (including phenoxy) is 3. The maximum atomic E-state index is 14.1. The van der Waals surface area contributed by atoms with Gasteiger partial charge in [-0.15, -0.1) is 0 Å². The van der Waals surface area contributed by atoms with Gasteiger partial charge in [-0.05, 0) is 30.3 Å². The number of hydrogen-bond acceptors (Lipinski definition) is 4. The van der Waals surface area contributed by atoms with Crippen LogP contribution in [0.15, 0.2) is 30.3 Å². The van der Waals surface area contributed by atoms with Gasteiger partial charge in [0.05, 0.1) is 58.6 Å². The summed E-state index contributed by atoms with van der Waals surface area (Å²) in [6, 6.07) is 7.96. The number of amides is 1. The van der Waals surface area contributed by atoms with E-state index >= 15 is 0 Å². The van der Waals surface area contributed by atoms with Crippen molar-refractivity contribution in [3.05, 3.63) is 52.3 Å². The summed E-state index contributed by atoms with van der Waals surface area (Å²) < 4.78 is 30.4.